The molecular formula is C23H25N3O6. The Morgan fingerprint density at radius 2 is 1.75 bits per heavy atom. The van der Waals surface area contributed by atoms with E-state index in [1.54, 1.807) is 44.4 Å². The Morgan fingerprint density at radius 1 is 1.06 bits per heavy atom. The standard InChI is InChI=1S/C23H25N3O6/c1-29-10-9-26-21(13-11-16(30-2)22(32-4)17(12-13)31-3)18-19(24-25-20(18)23(26)28)14-7-5-6-8-15(14)27/h5-8,11-12,21,27H,9-10H2,1-4H3,(H,24,25)/t21-/m0/s1. The number of hydrogen-bond acceptors (Lipinski definition) is 7. The number of phenols is 1. The molecule has 0 fully saturated rings. The number of hydrogen-bond donors (Lipinski definition) is 2. The molecule has 32 heavy (non-hydrogen) atoms. The van der Waals surface area contributed by atoms with Gasteiger partial charge in [-0.1, -0.05) is 12.1 Å². The van der Waals surface area contributed by atoms with Crippen LogP contribution >= 0.6 is 0 Å². The number of para-hydroxylation sites is 1. The molecule has 0 spiro atoms. The summed E-state index contributed by atoms with van der Waals surface area (Å²) in [5, 5.41) is 17.7. The van der Waals surface area contributed by atoms with E-state index in [9.17, 15) is 9.90 Å². The van der Waals surface area contributed by atoms with E-state index in [2.05, 4.69) is 10.2 Å². The molecular weight excluding hydrogens is 414 g/mol. The third kappa shape index (κ3) is 3.40. The average Bonchev–Trinajstić information content (AvgIpc) is 3.35. The number of carbonyl (C=O) groups excluding carboxylic acids is 1. The van der Waals surface area contributed by atoms with Crippen molar-refractivity contribution >= 4 is 5.91 Å². The van der Waals surface area contributed by atoms with Crippen molar-refractivity contribution in [2.75, 3.05) is 41.6 Å². The number of phenolic OH excluding ortho intramolecular Hbond substituents is 1. The van der Waals surface area contributed by atoms with Crippen molar-refractivity contribution < 1.29 is 28.8 Å². The maximum Gasteiger partial charge on any atom is 0.273 e. The van der Waals surface area contributed by atoms with Gasteiger partial charge in [-0.05, 0) is 29.8 Å². The van der Waals surface area contributed by atoms with Gasteiger partial charge in [0.25, 0.3) is 5.91 Å². The molecule has 0 saturated carbocycles. The van der Waals surface area contributed by atoms with Gasteiger partial charge in [0.2, 0.25) is 5.75 Å². The zero-order valence-corrected chi connectivity index (χ0v) is 18.3. The summed E-state index contributed by atoms with van der Waals surface area (Å²) >= 11 is 0. The highest BCUT2D eigenvalue weighted by Crippen LogP contribution is 2.48. The van der Waals surface area contributed by atoms with Gasteiger partial charge < -0.3 is 29.0 Å². The van der Waals surface area contributed by atoms with Gasteiger partial charge in [0.15, 0.2) is 11.5 Å². The molecule has 2 heterocycles. The van der Waals surface area contributed by atoms with Gasteiger partial charge in [0, 0.05) is 24.8 Å². The molecule has 0 aliphatic carbocycles. The molecule has 1 aliphatic rings. The van der Waals surface area contributed by atoms with Crippen molar-refractivity contribution in [3.63, 3.8) is 0 Å². The second kappa shape index (κ2) is 8.80. The Balaban J connectivity index is 1.94. The summed E-state index contributed by atoms with van der Waals surface area (Å²) in [6, 6.07) is 10.0. The van der Waals surface area contributed by atoms with Crippen molar-refractivity contribution in [3.05, 3.63) is 53.2 Å². The summed E-state index contributed by atoms with van der Waals surface area (Å²) in [5.74, 6) is 1.28. The van der Waals surface area contributed by atoms with Gasteiger partial charge in [-0.3, -0.25) is 9.89 Å². The maximum absolute atomic E-state index is 13.3. The second-order valence-corrected chi connectivity index (χ2v) is 7.23. The lowest BCUT2D eigenvalue weighted by Gasteiger charge is -2.27. The molecule has 1 aliphatic heterocycles. The summed E-state index contributed by atoms with van der Waals surface area (Å²) in [6.45, 7) is 0.718. The van der Waals surface area contributed by atoms with Crippen LogP contribution in [-0.2, 0) is 4.74 Å². The van der Waals surface area contributed by atoms with Gasteiger partial charge in [0.1, 0.15) is 17.1 Å². The molecule has 0 radical (unpaired) electrons. The first kappa shape index (κ1) is 21.5. The van der Waals surface area contributed by atoms with E-state index in [0.717, 1.165) is 5.56 Å². The number of aromatic amines is 1. The van der Waals surface area contributed by atoms with E-state index < -0.39 is 6.04 Å². The number of H-pyrrole nitrogens is 1. The molecule has 1 aromatic heterocycles. The molecule has 2 aromatic carbocycles. The van der Waals surface area contributed by atoms with Crippen LogP contribution in [0, 0.1) is 0 Å². The van der Waals surface area contributed by atoms with E-state index in [1.807, 2.05) is 18.2 Å². The Kier molecular flexibility index (Phi) is 5.91. The predicted molar refractivity (Wildman–Crippen MR) is 117 cm³/mol. The number of rotatable bonds is 8. The summed E-state index contributed by atoms with van der Waals surface area (Å²) in [6.07, 6.45) is 0. The average molecular weight is 439 g/mol. The summed E-state index contributed by atoms with van der Waals surface area (Å²) < 4.78 is 21.8. The smallest absolute Gasteiger partial charge is 0.273 e. The number of ether oxygens (including phenoxy) is 4. The van der Waals surface area contributed by atoms with Crippen molar-refractivity contribution in [1.82, 2.24) is 15.1 Å². The van der Waals surface area contributed by atoms with E-state index in [0.29, 0.717) is 52.9 Å². The Morgan fingerprint density at radius 3 is 2.34 bits per heavy atom. The number of nitrogens with one attached hydrogen (secondary N) is 1. The van der Waals surface area contributed by atoms with Gasteiger partial charge in [0.05, 0.1) is 34.0 Å². The van der Waals surface area contributed by atoms with Crippen LogP contribution in [0.2, 0.25) is 0 Å². The van der Waals surface area contributed by atoms with Crippen LogP contribution in [-0.4, -0.2) is 67.7 Å². The zero-order chi connectivity index (χ0) is 22.8. The lowest BCUT2D eigenvalue weighted by molar-refractivity contribution is 0.0677. The topological polar surface area (TPSA) is 106 Å². The van der Waals surface area contributed by atoms with Gasteiger partial charge in [-0.15, -0.1) is 0 Å². The van der Waals surface area contributed by atoms with Crippen LogP contribution in [0.5, 0.6) is 23.0 Å². The highest BCUT2D eigenvalue weighted by molar-refractivity contribution is 6.00. The lowest BCUT2D eigenvalue weighted by Crippen LogP contribution is -2.32. The fourth-order valence-corrected chi connectivity index (χ4v) is 4.10. The molecule has 0 unspecified atom stereocenters. The highest BCUT2D eigenvalue weighted by atomic mass is 16.5. The van der Waals surface area contributed by atoms with E-state index in [1.165, 1.54) is 7.11 Å². The van der Waals surface area contributed by atoms with Gasteiger partial charge >= 0.3 is 0 Å². The van der Waals surface area contributed by atoms with Crippen LogP contribution in [0.4, 0.5) is 0 Å². The lowest BCUT2D eigenvalue weighted by atomic mass is 9.95. The summed E-state index contributed by atoms with van der Waals surface area (Å²) in [7, 11) is 6.21. The molecule has 2 N–H and O–H groups in total. The molecule has 1 amide bonds. The number of carbonyl (C=O) groups is 1. The van der Waals surface area contributed by atoms with E-state index in [-0.39, 0.29) is 11.7 Å². The number of methoxy groups -OCH3 is 4. The first-order valence-corrected chi connectivity index (χ1v) is 10.0. The van der Waals surface area contributed by atoms with Crippen molar-refractivity contribution in [2.45, 2.75) is 6.04 Å². The monoisotopic (exact) mass is 439 g/mol. The molecule has 9 nitrogen and oxygen atoms in total. The molecule has 1 atom stereocenters. The van der Waals surface area contributed by atoms with Crippen molar-refractivity contribution in [3.8, 4) is 34.3 Å². The van der Waals surface area contributed by atoms with Crippen LogP contribution in [0.3, 0.4) is 0 Å². The van der Waals surface area contributed by atoms with Crippen LogP contribution in [0.1, 0.15) is 27.7 Å². The molecule has 0 bridgehead atoms. The number of aromatic hydroxyl groups is 1. The van der Waals surface area contributed by atoms with Crippen LogP contribution < -0.4 is 14.2 Å². The minimum atomic E-state index is -0.505. The number of aromatic nitrogens is 2. The largest absolute Gasteiger partial charge is 0.507 e. The van der Waals surface area contributed by atoms with E-state index >= 15 is 0 Å². The predicted octanol–water partition coefficient (Wildman–Crippen LogP) is 3.00. The minimum Gasteiger partial charge on any atom is -0.507 e. The quantitative estimate of drug-likeness (QED) is 0.556. The number of fused-ring (bicyclic) bond motifs is 1. The van der Waals surface area contributed by atoms with Gasteiger partial charge in [-0.25, -0.2) is 0 Å². The van der Waals surface area contributed by atoms with Crippen LogP contribution in [0.15, 0.2) is 36.4 Å². The van der Waals surface area contributed by atoms with E-state index in [4.69, 9.17) is 18.9 Å². The Bertz CT molecular complexity index is 1120. The number of amides is 1. The molecule has 4 rings (SSSR count). The van der Waals surface area contributed by atoms with Crippen molar-refractivity contribution in [2.24, 2.45) is 0 Å². The number of benzene rings is 2. The van der Waals surface area contributed by atoms with Crippen LogP contribution in [0.25, 0.3) is 11.3 Å². The maximum atomic E-state index is 13.3. The molecule has 3 aromatic rings. The van der Waals surface area contributed by atoms with Crippen molar-refractivity contribution in [1.29, 1.82) is 0 Å². The zero-order valence-electron chi connectivity index (χ0n) is 18.3. The fourth-order valence-electron chi connectivity index (χ4n) is 4.10. The highest BCUT2D eigenvalue weighted by Gasteiger charge is 2.43. The fraction of sp³-hybridized carbons (Fsp3) is 0.304. The third-order valence-electron chi connectivity index (χ3n) is 5.56. The third-order valence-corrected chi connectivity index (χ3v) is 5.56. The first-order chi connectivity index (χ1) is 15.5. The summed E-state index contributed by atoms with van der Waals surface area (Å²) in [4.78, 5) is 15.0. The SMILES string of the molecule is COCCN1C(=O)c2[nH]nc(-c3ccccc3O)c2[C@@H]1c1cc(OC)c(OC)c(OC)c1. The molecule has 9 heteroatoms. The first-order valence-electron chi connectivity index (χ1n) is 10.0. The summed E-state index contributed by atoms with van der Waals surface area (Å²) in [5.41, 5.74) is 2.83. The number of nitrogens with zero attached hydrogens (tertiary/aromatic N) is 2. The molecule has 0 saturated heterocycles. The Labute approximate surface area is 185 Å². The normalized spacial score (nSPS) is 15.1. The Hall–Kier alpha value is -3.72. The molecule has 168 valence electrons. The second-order valence-electron chi connectivity index (χ2n) is 7.23. The minimum absolute atomic E-state index is 0.0771. The van der Waals surface area contributed by atoms with Gasteiger partial charge in [-0.2, -0.15) is 5.10 Å².